The molecule has 1 fully saturated rings. The normalized spacial score (nSPS) is 17.5. The van der Waals surface area contributed by atoms with Crippen molar-refractivity contribution in [3.8, 4) is 11.5 Å². The maximum atomic E-state index is 11.9. The molecule has 1 atom stereocenters. The first-order chi connectivity index (χ1) is 9.65. The number of amides is 1. The Labute approximate surface area is 118 Å². The number of carbonyl (C=O) groups excluding carboxylic acids is 1. The van der Waals surface area contributed by atoms with E-state index in [2.05, 4.69) is 10.2 Å². The smallest absolute Gasteiger partial charge is 0.239 e. The number of nitrogens with two attached hydrogens (primary N) is 1. The highest BCUT2D eigenvalue weighted by Crippen LogP contribution is 2.29. The topological polar surface area (TPSA) is 76.8 Å². The van der Waals surface area contributed by atoms with E-state index in [9.17, 15) is 4.79 Å². The molecule has 0 saturated carbocycles. The van der Waals surface area contributed by atoms with Crippen LogP contribution in [0.3, 0.4) is 0 Å². The van der Waals surface area contributed by atoms with Crippen molar-refractivity contribution in [2.45, 2.75) is 6.04 Å². The Hall–Kier alpha value is -1.79. The van der Waals surface area contributed by atoms with E-state index in [-0.39, 0.29) is 5.91 Å². The number of rotatable bonds is 5. The van der Waals surface area contributed by atoms with Crippen molar-refractivity contribution in [3.05, 3.63) is 23.8 Å². The van der Waals surface area contributed by atoms with Crippen molar-refractivity contribution in [1.29, 1.82) is 0 Å². The fourth-order valence-corrected chi connectivity index (χ4v) is 2.48. The summed E-state index contributed by atoms with van der Waals surface area (Å²) in [6, 6.07) is 4.99. The second kappa shape index (κ2) is 6.58. The molecule has 0 aliphatic carbocycles. The highest BCUT2D eigenvalue weighted by atomic mass is 16.5. The molecule has 0 bridgehead atoms. The molecule has 110 valence electrons. The van der Waals surface area contributed by atoms with E-state index in [0.29, 0.717) is 11.5 Å². The number of primary amides is 1. The first-order valence-electron chi connectivity index (χ1n) is 6.62. The summed E-state index contributed by atoms with van der Waals surface area (Å²) in [5.74, 6) is 0.948. The molecule has 2 rings (SSSR count). The largest absolute Gasteiger partial charge is 0.497 e. The third kappa shape index (κ3) is 3.20. The number of carbonyl (C=O) groups is 1. The number of benzene rings is 1. The Morgan fingerprint density at radius 1 is 1.20 bits per heavy atom. The van der Waals surface area contributed by atoms with Crippen LogP contribution in [-0.2, 0) is 4.79 Å². The van der Waals surface area contributed by atoms with Crippen LogP contribution in [0.2, 0.25) is 0 Å². The van der Waals surface area contributed by atoms with E-state index in [0.717, 1.165) is 31.7 Å². The monoisotopic (exact) mass is 279 g/mol. The number of piperazine rings is 1. The van der Waals surface area contributed by atoms with Crippen LogP contribution >= 0.6 is 0 Å². The van der Waals surface area contributed by atoms with Crippen LogP contribution in [0.4, 0.5) is 0 Å². The van der Waals surface area contributed by atoms with Crippen molar-refractivity contribution >= 4 is 5.91 Å². The fraction of sp³-hybridized carbons (Fsp3) is 0.500. The van der Waals surface area contributed by atoms with Crippen LogP contribution in [-0.4, -0.2) is 51.2 Å². The van der Waals surface area contributed by atoms with E-state index in [4.69, 9.17) is 15.2 Å². The van der Waals surface area contributed by atoms with E-state index < -0.39 is 6.04 Å². The molecule has 3 N–H and O–H groups in total. The molecular formula is C14H21N3O3. The number of ether oxygens (including phenoxy) is 2. The lowest BCUT2D eigenvalue weighted by Gasteiger charge is -2.33. The summed E-state index contributed by atoms with van der Waals surface area (Å²) in [5, 5.41) is 3.26. The summed E-state index contributed by atoms with van der Waals surface area (Å²) in [6.07, 6.45) is 0. The van der Waals surface area contributed by atoms with Gasteiger partial charge in [-0.3, -0.25) is 9.69 Å². The molecule has 0 spiro atoms. The molecule has 20 heavy (non-hydrogen) atoms. The number of hydrogen-bond acceptors (Lipinski definition) is 5. The maximum absolute atomic E-state index is 11.9. The maximum Gasteiger partial charge on any atom is 0.239 e. The lowest BCUT2D eigenvalue weighted by Crippen LogP contribution is -2.48. The molecule has 1 saturated heterocycles. The lowest BCUT2D eigenvalue weighted by atomic mass is 10.0. The molecule has 1 amide bonds. The van der Waals surface area contributed by atoms with Crippen molar-refractivity contribution in [2.75, 3.05) is 40.4 Å². The average Bonchev–Trinajstić information content (AvgIpc) is 2.47. The molecule has 1 heterocycles. The Morgan fingerprint density at radius 3 is 2.20 bits per heavy atom. The van der Waals surface area contributed by atoms with Gasteiger partial charge in [0.25, 0.3) is 0 Å². The first-order valence-corrected chi connectivity index (χ1v) is 6.62. The highest BCUT2D eigenvalue weighted by molar-refractivity contribution is 5.81. The molecule has 6 nitrogen and oxygen atoms in total. The zero-order valence-electron chi connectivity index (χ0n) is 11.9. The van der Waals surface area contributed by atoms with Crippen LogP contribution in [0.1, 0.15) is 11.6 Å². The zero-order chi connectivity index (χ0) is 14.5. The van der Waals surface area contributed by atoms with Gasteiger partial charge >= 0.3 is 0 Å². The van der Waals surface area contributed by atoms with Crippen molar-refractivity contribution in [1.82, 2.24) is 10.2 Å². The minimum Gasteiger partial charge on any atom is -0.497 e. The SMILES string of the molecule is COc1cc(OC)cc(C(C(N)=O)N2CCNCC2)c1. The molecule has 1 unspecified atom stereocenters. The van der Waals surface area contributed by atoms with Gasteiger partial charge < -0.3 is 20.5 Å². The Bertz CT molecular complexity index is 450. The van der Waals surface area contributed by atoms with Crippen LogP contribution in [0.15, 0.2) is 18.2 Å². The summed E-state index contributed by atoms with van der Waals surface area (Å²) in [4.78, 5) is 14.0. The molecule has 0 aromatic heterocycles. The van der Waals surface area contributed by atoms with Crippen LogP contribution in [0.25, 0.3) is 0 Å². The standard InChI is InChI=1S/C14H21N3O3/c1-19-11-7-10(8-12(9-11)20-2)13(14(15)18)17-5-3-16-4-6-17/h7-9,13,16H,3-6H2,1-2H3,(H2,15,18). The highest BCUT2D eigenvalue weighted by Gasteiger charge is 2.27. The minimum atomic E-state index is -0.457. The molecular weight excluding hydrogens is 258 g/mol. The van der Waals surface area contributed by atoms with E-state index in [1.165, 1.54) is 0 Å². The molecule has 1 aliphatic rings. The third-order valence-corrected chi connectivity index (χ3v) is 3.48. The summed E-state index contributed by atoms with van der Waals surface area (Å²) in [5.41, 5.74) is 6.40. The van der Waals surface area contributed by atoms with Gasteiger partial charge in [0.15, 0.2) is 0 Å². The minimum absolute atomic E-state index is 0.359. The Balaban J connectivity index is 2.35. The zero-order valence-corrected chi connectivity index (χ0v) is 11.9. The van der Waals surface area contributed by atoms with Crippen LogP contribution < -0.4 is 20.5 Å². The quantitative estimate of drug-likeness (QED) is 0.801. The van der Waals surface area contributed by atoms with Crippen molar-refractivity contribution in [2.24, 2.45) is 5.73 Å². The average molecular weight is 279 g/mol. The van der Waals surface area contributed by atoms with Gasteiger partial charge in [0.1, 0.15) is 17.5 Å². The van der Waals surface area contributed by atoms with Gasteiger partial charge in [-0.2, -0.15) is 0 Å². The number of methoxy groups -OCH3 is 2. The van der Waals surface area contributed by atoms with E-state index in [1.54, 1.807) is 20.3 Å². The van der Waals surface area contributed by atoms with Crippen molar-refractivity contribution < 1.29 is 14.3 Å². The Kier molecular flexibility index (Phi) is 4.81. The number of hydrogen-bond donors (Lipinski definition) is 2. The molecule has 6 heteroatoms. The fourth-order valence-electron chi connectivity index (χ4n) is 2.48. The van der Waals surface area contributed by atoms with E-state index in [1.807, 2.05) is 12.1 Å². The van der Waals surface area contributed by atoms with Gasteiger partial charge in [-0.05, 0) is 17.7 Å². The van der Waals surface area contributed by atoms with Crippen molar-refractivity contribution in [3.63, 3.8) is 0 Å². The first kappa shape index (κ1) is 14.6. The summed E-state index contributed by atoms with van der Waals surface area (Å²) < 4.78 is 10.5. The molecule has 0 radical (unpaired) electrons. The summed E-state index contributed by atoms with van der Waals surface area (Å²) in [7, 11) is 3.17. The van der Waals surface area contributed by atoms with Gasteiger partial charge in [0, 0.05) is 32.2 Å². The van der Waals surface area contributed by atoms with Gasteiger partial charge in [-0.15, -0.1) is 0 Å². The third-order valence-electron chi connectivity index (χ3n) is 3.48. The second-order valence-corrected chi connectivity index (χ2v) is 4.74. The summed E-state index contributed by atoms with van der Waals surface area (Å²) in [6.45, 7) is 3.27. The van der Waals surface area contributed by atoms with Crippen LogP contribution in [0, 0.1) is 0 Å². The van der Waals surface area contributed by atoms with Gasteiger partial charge in [-0.25, -0.2) is 0 Å². The predicted octanol–water partition coefficient (Wildman–Crippen LogP) is 0.135. The molecule has 1 aliphatic heterocycles. The summed E-state index contributed by atoms with van der Waals surface area (Å²) >= 11 is 0. The molecule has 1 aromatic carbocycles. The van der Waals surface area contributed by atoms with Gasteiger partial charge in [0.2, 0.25) is 5.91 Å². The number of nitrogens with zero attached hydrogens (tertiary/aromatic N) is 1. The van der Waals surface area contributed by atoms with Gasteiger partial charge in [0.05, 0.1) is 14.2 Å². The predicted molar refractivity (Wildman–Crippen MR) is 75.9 cm³/mol. The lowest BCUT2D eigenvalue weighted by molar-refractivity contribution is -0.123. The van der Waals surface area contributed by atoms with Gasteiger partial charge in [-0.1, -0.05) is 0 Å². The van der Waals surface area contributed by atoms with Crippen LogP contribution in [0.5, 0.6) is 11.5 Å². The Morgan fingerprint density at radius 2 is 1.75 bits per heavy atom. The molecule has 1 aromatic rings. The number of nitrogens with one attached hydrogen (secondary N) is 1. The second-order valence-electron chi connectivity index (χ2n) is 4.74. The van der Waals surface area contributed by atoms with E-state index >= 15 is 0 Å².